The molecule has 1 aromatic rings. The molecule has 116 valence electrons. The number of nitrogens with one attached hydrogen (secondary N) is 1. The van der Waals surface area contributed by atoms with Crippen molar-refractivity contribution >= 4 is 11.4 Å². The van der Waals surface area contributed by atoms with Crippen molar-refractivity contribution in [3.63, 3.8) is 0 Å². The molecule has 0 radical (unpaired) electrons. The second-order valence-corrected chi connectivity index (χ2v) is 5.00. The summed E-state index contributed by atoms with van der Waals surface area (Å²) in [5.74, 6) is 0.239. The first-order valence-corrected chi connectivity index (χ1v) is 6.79. The average molecular weight is 296 g/mol. The summed E-state index contributed by atoms with van der Waals surface area (Å²) in [6.07, 6.45) is 1.64. The van der Waals surface area contributed by atoms with Crippen molar-refractivity contribution in [2.45, 2.75) is 18.4 Å². The molecule has 1 aromatic carbocycles. The highest BCUT2D eigenvalue weighted by Gasteiger charge is 2.32. The van der Waals surface area contributed by atoms with Crippen LogP contribution in [0.3, 0.4) is 0 Å². The lowest BCUT2D eigenvalue weighted by molar-refractivity contribution is -0.385. The van der Waals surface area contributed by atoms with E-state index >= 15 is 0 Å². The Kier molecular flexibility index (Phi) is 4.98. The van der Waals surface area contributed by atoms with Crippen molar-refractivity contribution in [2.75, 3.05) is 39.3 Å². The summed E-state index contributed by atoms with van der Waals surface area (Å²) in [6, 6.07) is 4.73. The van der Waals surface area contributed by atoms with E-state index in [9.17, 15) is 10.1 Å². The fourth-order valence-electron chi connectivity index (χ4n) is 2.40. The first-order chi connectivity index (χ1) is 10.1. The van der Waals surface area contributed by atoms with Crippen LogP contribution in [0, 0.1) is 10.1 Å². The summed E-state index contributed by atoms with van der Waals surface area (Å²) in [4.78, 5) is 10.4. The number of nitro groups is 1. The molecule has 7 heteroatoms. The van der Waals surface area contributed by atoms with Crippen molar-refractivity contribution in [1.82, 2.24) is 0 Å². The minimum Gasteiger partial charge on any atom is -0.490 e. The maximum absolute atomic E-state index is 10.9. The fourth-order valence-corrected chi connectivity index (χ4v) is 2.40. The Hall–Kier alpha value is -1.86. The van der Waals surface area contributed by atoms with E-state index in [2.05, 4.69) is 5.32 Å². The van der Waals surface area contributed by atoms with E-state index in [-0.39, 0.29) is 17.0 Å². The summed E-state index contributed by atoms with van der Waals surface area (Å²) >= 11 is 0. The van der Waals surface area contributed by atoms with Crippen LogP contribution in [0.25, 0.3) is 0 Å². The van der Waals surface area contributed by atoms with E-state index in [0.29, 0.717) is 19.8 Å². The number of hydrogen-bond acceptors (Lipinski definition) is 6. The van der Waals surface area contributed by atoms with Crippen molar-refractivity contribution in [3.8, 4) is 5.75 Å². The van der Waals surface area contributed by atoms with Gasteiger partial charge in [0.05, 0.1) is 17.6 Å². The number of benzene rings is 1. The van der Waals surface area contributed by atoms with Gasteiger partial charge in [0.1, 0.15) is 0 Å². The molecule has 1 heterocycles. The van der Waals surface area contributed by atoms with Gasteiger partial charge in [-0.3, -0.25) is 10.1 Å². The van der Waals surface area contributed by atoms with Crippen molar-refractivity contribution < 1.29 is 19.1 Å². The van der Waals surface area contributed by atoms with Crippen LogP contribution in [-0.4, -0.2) is 44.5 Å². The van der Waals surface area contributed by atoms with Gasteiger partial charge in [-0.1, -0.05) is 0 Å². The summed E-state index contributed by atoms with van der Waals surface area (Å²) in [6.45, 7) is 1.98. The highest BCUT2D eigenvalue weighted by atomic mass is 16.6. The molecule has 0 spiro atoms. The average Bonchev–Trinajstić information content (AvgIpc) is 2.53. The maximum atomic E-state index is 10.9. The van der Waals surface area contributed by atoms with Crippen molar-refractivity contribution in [2.24, 2.45) is 0 Å². The smallest absolute Gasteiger partial charge is 0.311 e. The molecule has 0 atom stereocenters. The molecule has 0 bridgehead atoms. The Bertz CT molecular complexity index is 500. The van der Waals surface area contributed by atoms with E-state index < -0.39 is 4.92 Å². The molecule has 0 amide bonds. The van der Waals surface area contributed by atoms with Gasteiger partial charge in [-0.25, -0.2) is 0 Å². The van der Waals surface area contributed by atoms with Gasteiger partial charge in [-0.2, -0.15) is 0 Å². The van der Waals surface area contributed by atoms with Crippen LogP contribution in [0.15, 0.2) is 18.2 Å². The third-order valence-electron chi connectivity index (χ3n) is 3.83. The number of nitrogens with zero attached hydrogens (tertiary/aromatic N) is 1. The van der Waals surface area contributed by atoms with Crippen LogP contribution in [0.1, 0.15) is 12.8 Å². The molecule has 0 aliphatic carbocycles. The monoisotopic (exact) mass is 296 g/mol. The van der Waals surface area contributed by atoms with Gasteiger partial charge in [0.15, 0.2) is 5.75 Å². The molecule has 1 saturated heterocycles. The Morgan fingerprint density at radius 1 is 1.38 bits per heavy atom. The van der Waals surface area contributed by atoms with Gasteiger partial charge < -0.3 is 19.5 Å². The van der Waals surface area contributed by atoms with Gasteiger partial charge in [0.25, 0.3) is 0 Å². The lowest BCUT2D eigenvalue weighted by Gasteiger charge is -2.36. The Labute approximate surface area is 123 Å². The van der Waals surface area contributed by atoms with Crippen LogP contribution in [-0.2, 0) is 9.47 Å². The van der Waals surface area contributed by atoms with Gasteiger partial charge >= 0.3 is 5.69 Å². The first-order valence-electron chi connectivity index (χ1n) is 6.79. The van der Waals surface area contributed by atoms with Crippen LogP contribution in [0.2, 0.25) is 0 Å². The highest BCUT2D eigenvalue weighted by Crippen LogP contribution is 2.31. The first kappa shape index (κ1) is 15.5. The fraction of sp³-hybridized carbons (Fsp3) is 0.571. The molecule has 21 heavy (non-hydrogen) atoms. The number of nitro benzene ring substituents is 1. The lowest BCUT2D eigenvalue weighted by Crippen LogP contribution is -2.44. The minimum atomic E-state index is -0.461. The molecular formula is C14H20N2O5. The van der Waals surface area contributed by atoms with E-state index in [4.69, 9.17) is 14.2 Å². The molecule has 1 N–H and O–H groups in total. The zero-order valence-corrected chi connectivity index (χ0v) is 12.3. The second-order valence-electron chi connectivity index (χ2n) is 5.00. The van der Waals surface area contributed by atoms with Crippen molar-refractivity contribution in [3.05, 3.63) is 28.3 Å². The Balaban J connectivity index is 2.07. The number of hydrogen-bond donors (Lipinski definition) is 1. The summed E-state index contributed by atoms with van der Waals surface area (Å²) < 4.78 is 16.0. The number of ether oxygens (including phenoxy) is 3. The molecule has 0 saturated carbocycles. The predicted octanol–water partition coefficient (Wildman–Crippen LogP) is 2.21. The molecule has 7 nitrogen and oxygen atoms in total. The van der Waals surface area contributed by atoms with E-state index in [1.807, 2.05) is 0 Å². The van der Waals surface area contributed by atoms with Gasteiger partial charge in [0, 0.05) is 57.5 Å². The molecule has 1 aliphatic heterocycles. The van der Waals surface area contributed by atoms with Crippen LogP contribution < -0.4 is 10.1 Å². The molecule has 1 fully saturated rings. The molecular weight excluding hydrogens is 276 g/mol. The highest BCUT2D eigenvalue weighted by molar-refractivity contribution is 5.58. The molecule has 0 aromatic heterocycles. The van der Waals surface area contributed by atoms with Crippen molar-refractivity contribution in [1.29, 1.82) is 0 Å². The number of methoxy groups -OCH3 is 2. The van der Waals surface area contributed by atoms with E-state index in [1.165, 1.54) is 13.2 Å². The predicted molar refractivity (Wildman–Crippen MR) is 77.9 cm³/mol. The Morgan fingerprint density at radius 2 is 2.10 bits per heavy atom. The summed E-state index contributed by atoms with van der Waals surface area (Å²) in [5, 5.41) is 14.1. The summed E-state index contributed by atoms with van der Waals surface area (Å²) in [5.41, 5.74) is 0.462. The molecule has 0 unspecified atom stereocenters. The van der Waals surface area contributed by atoms with Crippen LogP contribution in [0.5, 0.6) is 5.75 Å². The maximum Gasteiger partial charge on any atom is 0.311 e. The largest absolute Gasteiger partial charge is 0.490 e. The van der Waals surface area contributed by atoms with Crippen LogP contribution in [0.4, 0.5) is 11.4 Å². The zero-order chi connectivity index (χ0) is 15.3. The van der Waals surface area contributed by atoms with Gasteiger partial charge in [-0.15, -0.1) is 0 Å². The topological polar surface area (TPSA) is 82.9 Å². The molecule has 2 rings (SSSR count). The van der Waals surface area contributed by atoms with Crippen LogP contribution >= 0.6 is 0 Å². The quantitative estimate of drug-likeness (QED) is 0.640. The summed E-state index contributed by atoms with van der Waals surface area (Å²) in [7, 11) is 3.12. The van der Waals surface area contributed by atoms with Gasteiger partial charge in [0.2, 0.25) is 0 Å². The Morgan fingerprint density at radius 3 is 2.67 bits per heavy atom. The SMILES string of the molecule is COc1cc(NCC2(OC)CCOCC2)ccc1[N+](=O)[O-]. The van der Waals surface area contributed by atoms with E-state index in [0.717, 1.165) is 18.5 Å². The lowest BCUT2D eigenvalue weighted by atomic mass is 9.94. The zero-order valence-electron chi connectivity index (χ0n) is 12.3. The van der Waals surface area contributed by atoms with Gasteiger partial charge in [-0.05, 0) is 6.07 Å². The molecule has 1 aliphatic rings. The van der Waals surface area contributed by atoms with E-state index in [1.54, 1.807) is 19.2 Å². The minimum absolute atomic E-state index is 0.0458. The third-order valence-corrected chi connectivity index (χ3v) is 3.83. The normalized spacial score (nSPS) is 17.2. The second kappa shape index (κ2) is 6.73. The number of anilines is 1. The number of rotatable bonds is 6. The standard InChI is InChI=1S/C14H20N2O5/c1-19-13-9-11(3-4-12(13)16(17)18)15-10-14(20-2)5-7-21-8-6-14/h3-4,9,15H,5-8,10H2,1-2H3. The third kappa shape index (κ3) is 3.62.